The lowest BCUT2D eigenvalue weighted by Gasteiger charge is -2.34. The van der Waals surface area contributed by atoms with Crippen molar-refractivity contribution in [1.29, 1.82) is 0 Å². The van der Waals surface area contributed by atoms with Gasteiger partial charge in [0.1, 0.15) is 18.2 Å². The number of ketones is 1. The second-order valence-electron chi connectivity index (χ2n) is 8.54. The van der Waals surface area contributed by atoms with E-state index >= 15 is 0 Å². The molecule has 1 N–H and O–H groups in total. The lowest BCUT2D eigenvalue weighted by atomic mass is 9.76. The zero-order valence-corrected chi connectivity index (χ0v) is 18.6. The molecule has 33 heavy (non-hydrogen) atoms. The Morgan fingerprint density at radius 2 is 1.76 bits per heavy atom. The summed E-state index contributed by atoms with van der Waals surface area (Å²) in [5.74, 6) is 0.585. The smallest absolute Gasteiger partial charge is 0.332 e. The highest BCUT2D eigenvalue weighted by Crippen LogP contribution is 2.43. The number of benzene rings is 2. The number of carbonyl (C=O) groups excluding carboxylic acids is 1. The maximum atomic E-state index is 13.3. The molecule has 1 unspecified atom stereocenters. The summed E-state index contributed by atoms with van der Waals surface area (Å²) in [6, 6.07) is 17.4. The first-order valence-electron chi connectivity index (χ1n) is 11.1. The molecule has 3 aromatic rings. The Hall–Kier alpha value is -3.87. The van der Waals surface area contributed by atoms with Crippen molar-refractivity contribution in [1.82, 2.24) is 9.13 Å². The van der Waals surface area contributed by atoms with Crippen molar-refractivity contribution >= 4 is 11.6 Å². The first-order valence-corrected chi connectivity index (χ1v) is 11.1. The first-order chi connectivity index (χ1) is 16.0. The molecule has 0 saturated heterocycles. The predicted octanol–water partition coefficient (Wildman–Crippen LogP) is 3.23. The van der Waals surface area contributed by atoms with Crippen molar-refractivity contribution in [3.63, 3.8) is 0 Å². The highest BCUT2D eigenvalue weighted by Gasteiger charge is 2.38. The van der Waals surface area contributed by atoms with Gasteiger partial charge in [-0.1, -0.05) is 42.5 Å². The van der Waals surface area contributed by atoms with Crippen LogP contribution in [0.2, 0.25) is 0 Å². The molecular weight excluding hydrogens is 418 g/mol. The Morgan fingerprint density at radius 1 is 0.970 bits per heavy atom. The molecule has 0 fully saturated rings. The fraction of sp³-hybridized carbons (Fsp3) is 0.269. The Kier molecular flexibility index (Phi) is 5.24. The molecule has 0 amide bonds. The molecule has 0 spiro atoms. The van der Waals surface area contributed by atoms with Crippen LogP contribution >= 0.6 is 0 Å². The van der Waals surface area contributed by atoms with Gasteiger partial charge in [-0.2, -0.15) is 0 Å². The van der Waals surface area contributed by atoms with Gasteiger partial charge in [-0.3, -0.25) is 18.7 Å². The summed E-state index contributed by atoms with van der Waals surface area (Å²) in [7, 11) is 3.11. The summed E-state index contributed by atoms with van der Waals surface area (Å²) in [5, 5.41) is 3.24. The SMILES string of the molecule is Cn1c2c(c(=O)n(C)c1=O)C(c1cccc(OCc3ccccc3)c1)C1=C(CCCC1=O)N2. The van der Waals surface area contributed by atoms with Crippen LogP contribution in [0.15, 0.2) is 75.5 Å². The number of fused-ring (bicyclic) bond motifs is 1. The van der Waals surface area contributed by atoms with Gasteiger partial charge < -0.3 is 10.1 Å². The number of aromatic nitrogens is 2. The van der Waals surface area contributed by atoms with Crippen LogP contribution in [0, 0.1) is 0 Å². The molecule has 168 valence electrons. The van der Waals surface area contributed by atoms with E-state index in [2.05, 4.69) is 5.32 Å². The van der Waals surface area contributed by atoms with E-state index in [4.69, 9.17) is 4.74 Å². The molecule has 2 aliphatic rings. The standard InChI is InChI=1S/C26H25N3O4/c1-28-24-23(25(31)29(2)26(28)32)21(22-19(27-24)12-7-13-20(22)30)17-10-6-11-18(14-17)33-15-16-8-4-3-5-9-16/h3-6,8-11,14,21,27H,7,12-13,15H2,1-2H3. The van der Waals surface area contributed by atoms with Crippen LogP contribution in [0.4, 0.5) is 5.82 Å². The van der Waals surface area contributed by atoms with Gasteiger partial charge in [-0.25, -0.2) is 4.79 Å². The number of allylic oxidation sites excluding steroid dienone is 2. The maximum absolute atomic E-state index is 13.3. The van der Waals surface area contributed by atoms with Crippen molar-refractivity contribution in [2.45, 2.75) is 31.8 Å². The van der Waals surface area contributed by atoms with E-state index in [9.17, 15) is 14.4 Å². The van der Waals surface area contributed by atoms with E-state index < -0.39 is 17.2 Å². The van der Waals surface area contributed by atoms with Crippen molar-refractivity contribution in [3.8, 4) is 5.75 Å². The number of hydrogen-bond donors (Lipinski definition) is 1. The molecule has 5 rings (SSSR count). The van der Waals surface area contributed by atoms with Gasteiger partial charge >= 0.3 is 5.69 Å². The van der Waals surface area contributed by atoms with Gasteiger partial charge in [0, 0.05) is 37.7 Å². The normalized spacial score (nSPS) is 17.3. The van der Waals surface area contributed by atoms with Crippen LogP contribution in [-0.2, 0) is 25.5 Å². The minimum Gasteiger partial charge on any atom is -0.489 e. The van der Waals surface area contributed by atoms with E-state index in [-0.39, 0.29) is 5.78 Å². The molecule has 0 bridgehead atoms. The molecule has 0 radical (unpaired) electrons. The predicted molar refractivity (Wildman–Crippen MR) is 125 cm³/mol. The third-order valence-corrected chi connectivity index (χ3v) is 6.44. The minimum absolute atomic E-state index is 0.0333. The van der Waals surface area contributed by atoms with Crippen molar-refractivity contribution < 1.29 is 9.53 Å². The summed E-state index contributed by atoms with van der Waals surface area (Å²) in [6.45, 7) is 0.413. The van der Waals surface area contributed by atoms with Crippen LogP contribution in [0.1, 0.15) is 41.9 Å². The van der Waals surface area contributed by atoms with Gasteiger partial charge in [-0.05, 0) is 36.1 Å². The van der Waals surface area contributed by atoms with Gasteiger partial charge in [-0.15, -0.1) is 0 Å². The molecule has 7 nitrogen and oxygen atoms in total. The molecule has 2 heterocycles. The molecule has 1 aromatic heterocycles. The van der Waals surface area contributed by atoms with Crippen LogP contribution in [0.3, 0.4) is 0 Å². The summed E-state index contributed by atoms with van der Waals surface area (Å²) >= 11 is 0. The molecule has 7 heteroatoms. The second-order valence-corrected chi connectivity index (χ2v) is 8.54. The monoisotopic (exact) mass is 443 g/mol. The van der Waals surface area contributed by atoms with Gasteiger partial charge in [0.15, 0.2) is 5.78 Å². The van der Waals surface area contributed by atoms with Crippen molar-refractivity contribution in [2.24, 2.45) is 14.1 Å². The zero-order valence-electron chi connectivity index (χ0n) is 18.6. The first kappa shape index (κ1) is 21.0. The topological polar surface area (TPSA) is 82.3 Å². The Bertz CT molecular complexity index is 1400. The van der Waals surface area contributed by atoms with E-state index in [0.29, 0.717) is 42.2 Å². The van der Waals surface area contributed by atoms with Crippen LogP contribution in [-0.4, -0.2) is 14.9 Å². The number of nitrogens with one attached hydrogen (secondary N) is 1. The average Bonchev–Trinajstić information content (AvgIpc) is 2.85. The number of ether oxygens (including phenoxy) is 1. The summed E-state index contributed by atoms with van der Waals surface area (Å²) < 4.78 is 8.56. The lowest BCUT2D eigenvalue weighted by Crippen LogP contribution is -2.44. The molecule has 2 aromatic carbocycles. The number of hydrogen-bond acceptors (Lipinski definition) is 5. The van der Waals surface area contributed by atoms with Crippen LogP contribution < -0.4 is 21.3 Å². The number of anilines is 1. The number of Topliss-reactive ketones (excluding diaryl/α,β-unsaturated/α-hetero) is 1. The molecule has 1 aliphatic heterocycles. The van der Waals surface area contributed by atoms with Crippen molar-refractivity contribution in [2.75, 3.05) is 5.32 Å². The highest BCUT2D eigenvalue weighted by atomic mass is 16.5. The number of carbonyl (C=O) groups is 1. The average molecular weight is 444 g/mol. The van der Waals surface area contributed by atoms with E-state index in [1.54, 1.807) is 7.05 Å². The Labute approximate surface area is 191 Å². The van der Waals surface area contributed by atoms with E-state index in [1.807, 2.05) is 54.6 Å². The highest BCUT2D eigenvalue weighted by molar-refractivity contribution is 6.00. The molecular formula is C26H25N3O4. The van der Waals surface area contributed by atoms with Gasteiger partial charge in [0.2, 0.25) is 0 Å². The quantitative estimate of drug-likeness (QED) is 0.670. The second kappa shape index (κ2) is 8.24. The van der Waals surface area contributed by atoms with Gasteiger partial charge in [0.25, 0.3) is 5.56 Å². The Morgan fingerprint density at radius 3 is 2.55 bits per heavy atom. The summed E-state index contributed by atoms with van der Waals surface area (Å²) in [6.07, 6.45) is 1.89. The molecule has 0 saturated carbocycles. The maximum Gasteiger partial charge on any atom is 0.332 e. The van der Waals surface area contributed by atoms with Crippen LogP contribution in [0.5, 0.6) is 5.75 Å². The minimum atomic E-state index is -0.560. The lowest BCUT2D eigenvalue weighted by molar-refractivity contribution is -0.116. The summed E-state index contributed by atoms with van der Waals surface area (Å²) in [5.41, 5.74) is 2.86. The summed E-state index contributed by atoms with van der Waals surface area (Å²) in [4.78, 5) is 38.9. The fourth-order valence-corrected chi connectivity index (χ4v) is 4.76. The van der Waals surface area contributed by atoms with E-state index in [1.165, 1.54) is 11.6 Å². The fourth-order valence-electron chi connectivity index (χ4n) is 4.76. The van der Waals surface area contributed by atoms with Crippen molar-refractivity contribution in [3.05, 3.63) is 103 Å². The molecule has 1 atom stereocenters. The third kappa shape index (κ3) is 3.59. The molecule has 1 aliphatic carbocycles. The number of rotatable bonds is 4. The number of nitrogens with zero attached hydrogens (tertiary/aromatic N) is 2. The largest absolute Gasteiger partial charge is 0.489 e. The van der Waals surface area contributed by atoms with Gasteiger partial charge in [0.05, 0.1) is 5.56 Å². The van der Waals surface area contributed by atoms with E-state index in [0.717, 1.165) is 27.8 Å². The third-order valence-electron chi connectivity index (χ3n) is 6.44. The zero-order chi connectivity index (χ0) is 23.1. The van der Waals surface area contributed by atoms with Crippen LogP contribution in [0.25, 0.3) is 0 Å². The Balaban J connectivity index is 1.64.